The second kappa shape index (κ2) is 6.58. The fraction of sp³-hybridized carbons (Fsp3) is 0.500. The highest BCUT2D eigenvalue weighted by atomic mass is 35.5. The summed E-state index contributed by atoms with van der Waals surface area (Å²) in [6, 6.07) is 3.62. The Morgan fingerprint density at radius 1 is 1.38 bits per heavy atom. The van der Waals surface area contributed by atoms with Crippen LogP contribution in [0, 0.1) is 0 Å². The molecule has 1 amide bonds. The molecular formula is C14H18ClF2NO3. The van der Waals surface area contributed by atoms with Crippen LogP contribution in [0.15, 0.2) is 18.2 Å². The van der Waals surface area contributed by atoms with E-state index >= 15 is 0 Å². The van der Waals surface area contributed by atoms with Crippen LogP contribution in [0.2, 0.25) is 5.02 Å². The van der Waals surface area contributed by atoms with Gasteiger partial charge in [-0.2, -0.15) is 0 Å². The molecule has 0 atom stereocenters. The van der Waals surface area contributed by atoms with Gasteiger partial charge in [-0.3, -0.25) is 5.32 Å². The van der Waals surface area contributed by atoms with E-state index in [1.54, 1.807) is 20.8 Å². The minimum Gasteiger partial charge on any atom is -0.444 e. The standard InChI is InChI=1S/C14H18ClF2NO3/c1-13(2,3)21-12(20)18-11-8-9(15)4-5-10(11)14(16,17)6-7-19/h4-5,8,19H,6-7H2,1-3H3,(H,18,20). The molecule has 2 N–H and O–H groups in total. The van der Waals surface area contributed by atoms with Crippen molar-refractivity contribution in [3.63, 3.8) is 0 Å². The van der Waals surface area contributed by atoms with E-state index in [0.717, 1.165) is 6.07 Å². The lowest BCUT2D eigenvalue weighted by Gasteiger charge is -2.22. The van der Waals surface area contributed by atoms with Gasteiger partial charge in [-0.25, -0.2) is 13.6 Å². The van der Waals surface area contributed by atoms with Gasteiger partial charge in [0.05, 0.1) is 5.69 Å². The number of hydrogen-bond acceptors (Lipinski definition) is 3. The van der Waals surface area contributed by atoms with E-state index in [0.29, 0.717) is 0 Å². The molecule has 21 heavy (non-hydrogen) atoms. The molecule has 1 aromatic carbocycles. The van der Waals surface area contributed by atoms with Crippen LogP contribution in [0.4, 0.5) is 19.3 Å². The molecule has 0 aliphatic carbocycles. The molecule has 0 saturated carbocycles. The van der Waals surface area contributed by atoms with Gasteiger partial charge in [0.2, 0.25) is 0 Å². The van der Waals surface area contributed by atoms with Gasteiger partial charge in [-0.1, -0.05) is 11.6 Å². The summed E-state index contributed by atoms with van der Waals surface area (Å²) in [6.45, 7) is 4.30. The van der Waals surface area contributed by atoms with Gasteiger partial charge in [-0.05, 0) is 39.0 Å². The summed E-state index contributed by atoms with van der Waals surface area (Å²) in [5.74, 6) is -3.29. The van der Waals surface area contributed by atoms with Crippen LogP contribution in [0.3, 0.4) is 0 Å². The van der Waals surface area contributed by atoms with Gasteiger partial charge in [0.15, 0.2) is 0 Å². The highest BCUT2D eigenvalue weighted by Gasteiger charge is 2.34. The number of rotatable bonds is 4. The van der Waals surface area contributed by atoms with Gasteiger partial charge in [-0.15, -0.1) is 0 Å². The zero-order valence-electron chi connectivity index (χ0n) is 12.0. The van der Waals surface area contributed by atoms with Crippen molar-refractivity contribution in [1.82, 2.24) is 0 Å². The third-order valence-corrected chi connectivity index (χ3v) is 2.67. The van der Waals surface area contributed by atoms with Crippen molar-refractivity contribution in [2.45, 2.75) is 38.7 Å². The summed E-state index contributed by atoms with van der Waals surface area (Å²) in [7, 11) is 0. The van der Waals surface area contributed by atoms with Crippen molar-refractivity contribution in [3.8, 4) is 0 Å². The molecule has 0 heterocycles. The molecule has 0 unspecified atom stereocenters. The zero-order chi connectivity index (χ0) is 16.3. The molecule has 118 valence electrons. The van der Waals surface area contributed by atoms with Gasteiger partial charge >= 0.3 is 6.09 Å². The Morgan fingerprint density at radius 3 is 2.52 bits per heavy atom. The second-order valence-electron chi connectivity index (χ2n) is 5.49. The predicted molar refractivity (Wildman–Crippen MR) is 76.9 cm³/mol. The summed E-state index contributed by atoms with van der Waals surface area (Å²) in [4.78, 5) is 11.7. The highest BCUT2D eigenvalue weighted by Crippen LogP contribution is 2.37. The Bertz CT molecular complexity index is 515. The zero-order valence-corrected chi connectivity index (χ0v) is 12.8. The molecule has 1 rings (SSSR count). The van der Waals surface area contributed by atoms with E-state index in [9.17, 15) is 13.6 Å². The average Bonchev–Trinajstić information content (AvgIpc) is 2.25. The summed E-state index contributed by atoms with van der Waals surface area (Å²) in [5, 5.41) is 11.2. The normalized spacial score (nSPS) is 12.1. The Hall–Kier alpha value is -1.40. The number of halogens is 3. The molecule has 0 saturated heterocycles. The van der Waals surface area contributed by atoms with Crippen LogP contribution in [-0.4, -0.2) is 23.4 Å². The average molecular weight is 322 g/mol. The van der Waals surface area contributed by atoms with E-state index in [1.807, 2.05) is 0 Å². The quantitative estimate of drug-likeness (QED) is 0.875. The van der Waals surface area contributed by atoms with E-state index in [-0.39, 0.29) is 10.7 Å². The number of ether oxygens (including phenoxy) is 1. The summed E-state index contributed by atoms with van der Waals surface area (Å²) in [5.41, 5.74) is -1.32. The fourth-order valence-corrected chi connectivity index (χ4v) is 1.80. The highest BCUT2D eigenvalue weighted by molar-refractivity contribution is 6.31. The minimum absolute atomic E-state index is 0.143. The van der Waals surface area contributed by atoms with Gasteiger partial charge < -0.3 is 9.84 Å². The van der Waals surface area contributed by atoms with Crippen LogP contribution in [0.1, 0.15) is 32.8 Å². The van der Waals surface area contributed by atoms with Crippen LogP contribution in [0.5, 0.6) is 0 Å². The van der Waals surface area contributed by atoms with Crippen molar-refractivity contribution in [1.29, 1.82) is 0 Å². The minimum atomic E-state index is -3.29. The van der Waals surface area contributed by atoms with Crippen LogP contribution >= 0.6 is 11.6 Å². The Labute approximate surface area is 127 Å². The van der Waals surface area contributed by atoms with Gasteiger partial charge in [0, 0.05) is 23.6 Å². The summed E-state index contributed by atoms with van der Waals surface area (Å²) < 4.78 is 32.9. The van der Waals surface area contributed by atoms with Crippen molar-refractivity contribution < 1.29 is 23.4 Å². The first-order valence-electron chi connectivity index (χ1n) is 6.34. The van der Waals surface area contributed by atoms with E-state index < -0.39 is 36.2 Å². The molecule has 0 bridgehead atoms. The molecule has 0 spiro atoms. The number of anilines is 1. The summed E-state index contributed by atoms with van der Waals surface area (Å²) in [6.07, 6.45) is -1.61. The lowest BCUT2D eigenvalue weighted by Crippen LogP contribution is -2.28. The first-order chi connectivity index (χ1) is 9.55. The topological polar surface area (TPSA) is 58.6 Å². The Kier molecular flexibility index (Phi) is 5.53. The lowest BCUT2D eigenvalue weighted by molar-refractivity contribution is -0.0262. The fourth-order valence-electron chi connectivity index (χ4n) is 1.63. The third kappa shape index (κ3) is 5.47. The molecule has 0 aliphatic rings. The number of amides is 1. The maximum absolute atomic E-state index is 13.9. The van der Waals surface area contributed by atoms with E-state index in [2.05, 4.69) is 5.32 Å². The maximum Gasteiger partial charge on any atom is 0.412 e. The van der Waals surface area contributed by atoms with Gasteiger partial charge in [0.1, 0.15) is 5.60 Å². The summed E-state index contributed by atoms with van der Waals surface area (Å²) >= 11 is 5.77. The van der Waals surface area contributed by atoms with Crippen LogP contribution in [0.25, 0.3) is 0 Å². The number of carbonyl (C=O) groups is 1. The van der Waals surface area contributed by atoms with Crippen LogP contribution < -0.4 is 5.32 Å². The number of nitrogens with one attached hydrogen (secondary N) is 1. The third-order valence-electron chi connectivity index (χ3n) is 2.44. The van der Waals surface area contributed by atoms with Crippen molar-refractivity contribution in [2.75, 3.05) is 11.9 Å². The molecule has 7 heteroatoms. The van der Waals surface area contributed by atoms with Crippen molar-refractivity contribution in [3.05, 3.63) is 28.8 Å². The SMILES string of the molecule is CC(C)(C)OC(=O)Nc1cc(Cl)ccc1C(F)(F)CCO. The number of aliphatic hydroxyl groups excluding tert-OH is 1. The lowest BCUT2D eigenvalue weighted by atomic mass is 10.0. The molecule has 0 fully saturated rings. The number of aliphatic hydroxyl groups is 1. The van der Waals surface area contributed by atoms with E-state index in [4.69, 9.17) is 21.4 Å². The van der Waals surface area contributed by atoms with Crippen LogP contribution in [-0.2, 0) is 10.7 Å². The number of benzene rings is 1. The molecule has 4 nitrogen and oxygen atoms in total. The number of carbonyl (C=O) groups excluding carboxylic acids is 1. The maximum atomic E-state index is 13.9. The number of alkyl halides is 2. The van der Waals surface area contributed by atoms with Gasteiger partial charge in [0.25, 0.3) is 5.92 Å². The Balaban J connectivity index is 3.06. The molecular weight excluding hydrogens is 304 g/mol. The Morgan fingerprint density at radius 2 is 2.00 bits per heavy atom. The first kappa shape index (κ1) is 17.7. The second-order valence-corrected chi connectivity index (χ2v) is 5.93. The monoisotopic (exact) mass is 321 g/mol. The molecule has 0 aromatic heterocycles. The largest absolute Gasteiger partial charge is 0.444 e. The predicted octanol–water partition coefficient (Wildman–Crippen LogP) is 4.16. The first-order valence-corrected chi connectivity index (χ1v) is 6.72. The van der Waals surface area contributed by atoms with Crippen molar-refractivity contribution in [2.24, 2.45) is 0 Å². The molecule has 0 radical (unpaired) electrons. The number of hydrogen-bond donors (Lipinski definition) is 2. The smallest absolute Gasteiger partial charge is 0.412 e. The van der Waals surface area contributed by atoms with E-state index in [1.165, 1.54) is 12.1 Å². The molecule has 1 aromatic rings. The molecule has 0 aliphatic heterocycles. The van der Waals surface area contributed by atoms with Crippen molar-refractivity contribution >= 4 is 23.4 Å².